The van der Waals surface area contributed by atoms with Crippen molar-refractivity contribution >= 4 is 28.5 Å². The predicted molar refractivity (Wildman–Crippen MR) is 125 cm³/mol. The van der Waals surface area contributed by atoms with Crippen molar-refractivity contribution < 1.29 is 19.1 Å². The third kappa shape index (κ3) is 5.02. The second-order valence-electron chi connectivity index (χ2n) is 8.88. The van der Waals surface area contributed by atoms with Crippen molar-refractivity contribution in [2.24, 2.45) is 0 Å². The number of anilines is 1. The zero-order valence-electron chi connectivity index (χ0n) is 18.7. The molecule has 0 aliphatic carbocycles. The van der Waals surface area contributed by atoms with Crippen molar-refractivity contribution in [3.8, 4) is 5.75 Å². The van der Waals surface area contributed by atoms with Gasteiger partial charge in [-0.05, 0) is 49.9 Å². The number of carbonyl (C=O) groups excluding carboxylic acids is 2. The fraction of sp³-hybridized carbons (Fsp3) is 0.308. The van der Waals surface area contributed by atoms with Gasteiger partial charge in [0.05, 0.1) is 5.69 Å². The summed E-state index contributed by atoms with van der Waals surface area (Å²) in [5, 5.41) is 1.97. The van der Waals surface area contributed by atoms with Crippen LogP contribution >= 0.6 is 0 Å². The molecule has 0 saturated carbocycles. The Hall–Kier alpha value is -3.54. The maximum atomic E-state index is 13.0. The Bertz CT molecular complexity index is 1120. The third-order valence-corrected chi connectivity index (χ3v) is 5.24. The van der Waals surface area contributed by atoms with Gasteiger partial charge in [-0.2, -0.15) is 0 Å². The lowest BCUT2D eigenvalue weighted by molar-refractivity contribution is -0.121. The molecule has 1 aliphatic rings. The molecular weight excluding hydrogens is 404 g/mol. The molecule has 0 radical (unpaired) electrons. The summed E-state index contributed by atoms with van der Waals surface area (Å²) < 4.78 is 11.4. The number of fused-ring (bicyclic) bond motifs is 1. The van der Waals surface area contributed by atoms with Crippen molar-refractivity contribution in [3.63, 3.8) is 0 Å². The second kappa shape index (κ2) is 8.91. The van der Waals surface area contributed by atoms with Crippen molar-refractivity contribution in [2.45, 2.75) is 33.0 Å². The van der Waals surface area contributed by atoms with E-state index in [1.807, 2.05) is 87.5 Å². The van der Waals surface area contributed by atoms with Crippen LogP contribution < -0.4 is 9.64 Å². The molecule has 4 rings (SSSR count). The average Bonchev–Trinajstić information content (AvgIpc) is 2.77. The minimum absolute atomic E-state index is 0.00447. The van der Waals surface area contributed by atoms with Crippen LogP contribution in [0, 0.1) is 0 Å². The Morgan fingerprint density at radius 2 is 1.75 bits per heavy atom. The lowest BCUT2D eigenvalue weighted by Crippen LogP contribution is -2.53. The smallest absolute Gasteiger partial charge is 0.410 e. The van der Waals surface area contributed by atoms with Crippen LogP contribution in [0.4, 0.5) is 10.5 Å². The number of carbonyl (C=O) groups is 2. The van der Waals surface area contributed by atoms with Crippen molar-refractivity contribution in [3.05, 3.63) is 72.3 Å². The van der Waals surface area contributed by atoms with Gasteiger partial charge in [0.15, 0.2) is 0 Å². The molecule has 1 aliphatic heterocycles. The van der Waals surface area contributed by atoms with E-state index in [-0.39, 0.29) is 12.5 Å². The molecule has 32 heavy (non-hydrogen) atoms. The monoisotopic (exact) mass is 432 g/mol. The molecule has 6 heteroatoms. The van der Waals surface area contributed by atoms with E-state index in [9.17, 15) is 9.59 Å². The largest absolute Gasteiger partial charge is 0.489 e. The molecule has 166 valence electrons. The Balaban J connectivity index is 1.52. The molecule has 1 fully saturated rings. The highest BCUT2D eigenvalue weighted by Crippen LogP contribution is 2.31. The molecule has 1 saturated heterocycles. The summed E-state index contributed by atoms with van der Waals surface area (Å²) in [6, 6.07) is 21.8. The molecule has 0 spiro atoms. The van der Waals surface area contributed by atoms with Crippen molar-refractivity contribution in [1.29, 1.82) is 0 Å². The minimum Gasteiger partial charge on any atom is -0.489 e. The Labute approximate surface area is 188 Å². The molecule has 2 amide bonds. The number of amides is 2. The fourth-order valence-corrected chi connectivity index (χ4v) is 3.71. The maximum Gasteiger partial charge on any atom is 0.410 e. The van der Waals surface area contributed by atoms with Crippen molar-refractivity contribution in [1.82, 2.24) is 4.90 Å². The first-order valence-electron chi connectivity index (χ1n) is 10.8. The predicted octanol–water partition coefficient (Wildman–Crippen LogP) is 5.00. The molecule has 0 unspecified atom stereocenters. The van der Waals surface area contributed by atoms with Crippen LogP contribution in [0.1, 0.15) is 26.3 Å². The zero-order chi connectivity index (χ0) is 22.7. The van der Waals surface area contributed by atoms with Gasteiger partial charge in [-0.15, -0.1) is 0 Å². The van der Waals surface area contributed by atoms with Crippen molar-refractivity contribution in [2.75, 3.05) is 24.5 Å². The molecular formula is C26H28N2O4. The minimum atomic E-state index is -0.594. The van der Waals surface area contributed by atoms with E-state index < -0.39 is 11.7 Å². The SMILES string of the molecule is CC(C)(C)OC(=O)N1CCN(c2cccc3ccc(OCc4ccccc4)cc23)C(=O)C1. The number of piperazine rings is 1. The van der Waals surface area contributed by atoms with Gasteiger partial charge in [-0.3, -0.25) is 9.69 Å². The van der Waals surface area contributed by atoms with E-state index in [0.29, 0.717) is 19.7 Å². The van der Waals surface area contributed by atoms with E-state index >= 15 is 0 Å². The molecule has 3 aromatic rings. The highest BCUT2D eigenvalue weighted by Gasteiger charge is 2.31. The topological polar surface area (TPSA) is 59.1 Å². The normalized spacial score (nSPS) is 14.5. The Kier molecular flexibility index (Phi) is 6.04. The molecule has 1 heterocycles. The molecule has 0 aromatic heterocycles. The van der Waals surface area contributed by atoms with E-state index in [4.69, 9.17) is 9.47 Å². The average molecular weight is 433 g/mol. The fourth-order valence-electron chi connectivity index (χ4n) is 3.71. The van der Waals surface area contributed by atoms with E-state index in [0.717, 1.165) is 27.8 Å². The van der Waals surface area contributed by atoms with Crippen LogP contribution in [0.25, 0.3) is 10.8 Å². The molecule has 0 atom stereocenters. The van der Waals surface area contributed by atoms with Crippen LogP contribution in [0.2, 0.25) is 0 Å². The first kappa shape index (κ1) is 21.7. The van der Waals surface area contributed by atoms with E-state index in [1.54, 1.807) is 4.90 Å². The number of nitrogens with zero attached hydrogens (tertiary/aromatic N) is 2. The summed E-state index contributed by atoms with van der Waals surface area (Å²) in [5.41, 5.74) is 1.32. The highest BCUT2D eigenvalue weighted by atomic mass is 16.6. The molecule has 6 nitrogen and oxygen atoms in total. The Morgan fingerprint density at radius 3 is 2.47 bits per heavy atom. The Morgan fingerprint density at radius 1 is 0.969 bits per heavy atom. The molecule has 0 bridgehead atoms. The van der Waals surface area contributed by atoms with Gasteiger partial charge in [0.2, 0.25) is 5.91 Å². The lowest BCUT2D eigenvalue weighted by Gasteiger charge is -2.35. The van der Waals surface area contributed by atoms with Gasteiger partial charge < -0.3 is 14.4 Å². The van der Waals surface area contributed by atoms with E-state index in [1.165, 1.54) is 4.90 Å². The lowest BCUT2D eigenvalue weighted by atomic mass is 10.1. The third-order valence-electron chi connectivity index (χ3n) is 5.24. The summed E-state index contributed by atoms with van der Waals surface area (Å²) in [4.78, 5) is 28.5. The quantitative estimate of drug-likeness (QED) is 0.582. The van der Waals surface area contributed by atoms with Crippen LogP contribution in [0.15, 0.2) is 66.7 Å². The van der Waals surface area contributed by atoms with Crippen LogP contribution in [0.3, 0.4) is 0 Å². The molecule has 3 aromatic carbocycles. The number of ether oxygens (including phenoxy) is 2. The summed E-state index contributed by atoms with van der Waals surface area (Å²) in [5.74, 6) is 0.610. The highest BCUT2D eigenvalue weighted by molar-refractivity contribution is 6.05. The number of benzene rings is 3. The summed E-state index contributed by atoms with van der Waals surface area (Å²) in [7, 11) is 0. The first-order chi connectivity index (χ1) is 15.3. The zero-order valence-corrected chi connectivity index (χ0v) is 18.7. The summed E-state index contributed by atoms with van der Waals surface area (Å²) in [6.45, 7) is 6.74. The standard InChI is InChI=1S/C26H28N2O4/c1-26(2,3)32-25(30)27-14-15-28(24(29)17-27)23-11-7-10-20-12-13-21(16-22(20)23)31-18-19-8-5-4-6-9-19/h4-13,16H,14-15,17-18H2,1-3H3. The van der Waals surface area contributed by atoms with E-state index in [2.05, 4.69) is 0 Å². The van der Waals surface area contributed by atoms with Crippen LogP contribution in [0.5, 0.6) is 5.75 Å². The number of hydrogen-bond acceptors (Lipinski definition) is 4. The van der Waals surface area contributed by atoms with Gasteiger partial charge >= 0.3 is 6.09 Å². The van der Waals surface area contributed by atoms with Gasteiger partial charge in [0, 0.05) is 18.5 Å². The maximum absolute atomic E-state index is 13.0. The number of rotatable bonds is 4. The summed E-state index contributed by atoms with van der Waals surface area (Å²) >= 11 is 0. The molecule has 0 N–H and O–H groups in total. The van der Waals surface area contributed by atoms with Gasteiger partial charge in [0.1, 0.15) is 24.5 Å². The van der Waals surface area contributed by atoms with Crippen LogP contribution in [-0.4, -0.2) is 42.1 Å². The summed E-state index contributed by atoms with van der Waals surface area (Å²) in [6.07, 6.45) is -0.458. The van der Waals surface area contributed by atoms with Gasteiger partial charge in [0.25, 0.3) is 0 Å². The second-order valence-corrected chi connectivity index (χ2v) is 8.88. The van der Waals surface area contributed by atoms with Gasteiger partial charge in [-0.25, -0.2) is 4.79 Å². The van der Waals surface area contributed by atoms with Gasteiger partial charge in [-0.1, -0.05) is 48.5 Å². The first-order valence-corrected chi connectivity index (χ1v) is 10.8. The van der Waals surface area contributed by atoms with Crippen LogP contribution in [-0.2, 0) is 16.1 Å². The number of hydrogen-bond donors (Lipinski definition) is 0.